The van der Waals surface area contributed by atoms with Crippen molar-refractivity contribution < 1.29 is 9.59 Å². The number of thioether (sulfide) groups is 1. The summed E-state index contributed by atoms with van der Waals surface area (Å²) in [5.74, 6) is 0.972. The van der Waals surface area contributed by atoms with Crippen molar-refractivity contribution in [1.82, 2.24) is 14.8 Å². The molecule has 1 heterocycles. The predicted molar refractivity (Wildman–Crippen MR) is 126 cm³/mol. The van der Waals surface area contributed by atoms with Gasteiger partial charge in [-0.2, -0.15) is 0 Å². The standard InChI is InChI=1S/C24H28N4O2S/c1-6-21(30)25-19-13-9-16(10-14-19)20(29)15-31-23-27-26-22(28(23)5)17-7-11-18(12-8-17)24(2,3)4/h7-14H,6,15H2,1-5H3,(H,25,30). The van der Waals surface area contributed by atoms with Gasteiger partial charge in [0.1, 0.15) is 0 Å². The number of hydrogen-bond acceptors (Lipinski definition) is 5. The van der Waals surface area contributed by atoms with Crippen molar-refractivity contribution in [1.29, 1.82) is 0 Å². The Kier molecular flexibility index (Phi) is 6.95. The van der Waals surface area contributed by atoms with E-state index in [-0.39, 0.29) is 22.9 Å². The Morgan fingerprint density at radius 3 is 2.23 bits per heavy atom. The molecule has 6 nitrogen and oxygen atoms in total. The molecule has 0 bridgehead atoms. The third-order valence-electron chi connectivity index (χ3n) is 4.99. The van der Waals surface area contributed by atoms with E-state index in [0.29, 0.717) is 22.8 Å². The number of rotatable bonds is 7. The number of hydrogen-bond donors (Lipinski definition) is 1. The lowest BCUT2D eigenvalue weighted by atomic mass is 9.87. The van der Waals surface area contributed by atoms with Gasteiger partial charge < -0.3 is 9.88 Å². The van der Waals surface area contributed by atoms with E-state index in [1.807, 2.05) is 11.6 Å². The van der Waals surface area contributed by atoms with Gasteiger partial charge in [0.2, 0.25) is 5.91 Å². The number of amides is 1. The van der Waals surface area contributed by atoms with Crippen LogP contribution >= 0.6 is 11.8 Å². The smallest absolute Gasteiger partial charge is 0.224 e. The van der Waals surface area contributed by atoms with E-state index < -0.39 is 0 Å². The van der Waals surface area contributed by atoms with Crippen molar-refractivity contribution >= 4 is 29.1 Å². The van der Waals surface area contributed by atoms with Crippen LogP contribution in [-0.2, 0) is 17.3 Å². The second kappa shape index (κ2) is 9.47. The maximum atomic E-state index is 12.6. The van der Waals surface area contributed by atoms with Gasteiger partial charge in [-0.25, -0.2) is 0 Å². The summed E-state index contributed by atoms with van der Waals surface area (Å²) < 4.78 is 1.91. The van der Waals surface area contributed by atoms with Crippen molar-refractivity contribution in [3.05, 3.63) is 59.7 Å². The number of carbonyl (C=O) groups is 2. The third-order valence-corrected chi connectivity index (χ3v) is 6.01. The van der Waals surface area contributed by atoms with E-state index in [9.17, 15) is 9.59 Å². The fraction of sp³-hybridized carbons (Fsp3) is 0.333. The van der Waals surface area contributed by atoms with Crippen LogP contribution in [-0.4, -0.2) is 32.2 Å². The van der Waals surface area contributed by atoms with E-state index in [2.05, 4.69) is 60.6 Å². The minimum absolute atomic E-state index is 0.00236. The van der Waals surface area contributed by atoms with Gasteiger partial charge in [-0.3, -0.25) is 9.59 Å². The molecule has 162 valence electrons. The molecule has 1 aromatic heterocycles. The zero-order chi connectivity index (χ0) is 22.6. The predicted octanol–water partition coefficient (Wildman–Crippen LogP) is 5.10. The summed E-state index contributed by atoms with van der Waals surface area (Å²) in [7, 11) is 1.91. The average Bonchev–Trinajstić information content (AvgIpc) is 3.12. The molecule has 0 radical (unpaired) electrons. The molecule has 0 atom stereocenters. The molecule has 7 heteroatoms. The zero-order valence-electron chi connectivity index (χ0n) is 18.6. The maximum absolute atomic E-state index is 12.6. The summed E-state index contributed by atoms with van der Waals surface area (Å²) in [6.45, 7) is 8.35. The number of nitrogens with one attached hydrogen (secondary N) is 1. The highest BCUT2D eigenvalue weighted by molar-refractivity contribution is 7.99. The van der Waals surface area contributed by atoms with Crippen LogP contribution in [0.4, 0.5) is 5.69 Å². The molecule has 0 spiro atoms. The van der Waals surface area contributed by atoms with Crippen LogP contribution in [0.3, 0.4) is 0 Å². The van der Waals surface area contributed by atoms with Crippen LogP contribution in [0.5, 0.6) is 0 Å². The summed E-state index contributed by atoms with van der Waals surface area (Å²) in [6.07, 6.45) is 0.414. The van der Waals surface area contributed by atoms with Crippen molar-refractivity contribution in [2.45, 2.75) is 44.7 Å². The van der Waals surface area contributed by atoms with E-state index in [4.69, 9.17) is 0 Å². The monoisotopic (exact) mass is 436 g/mol. The van der Waals surface area contributed by atoms with Crippen molar-refractivity contribution in [3.8, 4) is 11.4 Å². The minimum atomic E-state index is -0.0548. The molecule has 0 unspecified atom stereocenters. The number of benzene rings is 2. The number of Topliss-reactive ketones (excluding diaryl/α,β-unsaturated/α-hetero) is 1. The first kappa shape index (κ1) is 22.7. The van der Waals surface area contributed by atoms with Crippen LogP contribution in [0.15, 0.2) is 53.7 Å². The fourth-order valence-electron chi connectivity index (χ4n) is 3.01. The Bertz CT molecular complexity index is 1060. The molecule has 1 N–H and O–H groups in total. The highest BCUT2D eigenvalue weighted by Gasteiger charge is 2.16. The lowest BCUT2D eigenvalue weighted by Crippen LogP contribution is -2.10. The van der Waals surface area contributed by atoms with E-state index >= 15 is 0 Å². The molecule has 1 amide bonds. The molecule has 0 saturated carbocycles. The Morgan fingerprint density at radius 1 is 1.00 bits per heavy atom. The first-order chi connectivity index (χ1) is 14.7. The summed E-state index contributed by atoms with van der Waals surface area (Å²) in [5, 5.41) is 12.0. The van der Waals surface area contributed by atoms with Crippen LogP contribution in [0.2, 0.25) is 0 Å². The largest absolute Gasteiger partial charge is 0.326 e. The van der Waals surface area contributed by atoms with Gasteiger partial charge in [0, 0.05) is 30.3 Å². The van der Waals surface area contributed by atoms with Crippen LogP contribution in [0, 0.1) is 0 Å². The molecule has 31 heavy (non-hydrogen) atoms. The zero-order valence-corrected chi connectivity index (χ0v) is 19.4. The Balaban J connectivity index is 1.64. The van der Waals surface area contributed by atoms with Crippen LogP contribution in [0.25, 0.3) is 11.4 Å². The third kappa shape index (κ3) is 5.61. The summed E-state index contributed by atoms with van der Waals surface area (Å²) in [4.78, 5) is 24.0. The lowest BCUT2D eigenvalue weighted by Gasteiger charge is -2.19. The SMILES string of the molecule is CCC(=O)Nc1ccc(C(=O)CSc2nnc(-c3ccc(C(C)(C)C)cc3)n2C)cc1. The van der Waals surface area contributed by atoms with Crippen molar-refractivity contribution in [2.75, 3.05) is 11.1 Å². The Morgan fingerprint density at radius 2 is 1.65 bits per heavy atom. The Labute approximate surface area is 187 Å². The van der Waals surface area contributed by atoms with Gasteiger partial charge in [0.25, 0.3) is 0 Å². The van der Waals surface area contributed by atoms with Gasteiger partial charge in [-0.05, 0) is 35.2 Å². The van der Waals surface area contributed by atoms with Gasteiger partial charge in [-0.1, -0.05) is 63.7 Å². The van der Waals surface area contributed by atoms with E-state index in [1.54, 1.807) is 31.2 Å². The lowest BCUT2D eigenvalue weighted by molar-refractivity contribution is -0.115. The van der Waals surface area contributed by atoms with E-state index in [0.717, 1.165) is 11.4 Å². The summed E-state index contributed by atoms with van der Waals surface area (Å²) >= 11 is 1.36. The first-order valence-electron chi connectivity index (χ1n) is 10.2. The first-order valence-corrected chi connectivity index (χ1v) is 11.2. The van der Waals surface area contributed by atoms with Crippen LogP contribution in [0.1, 0.15) is 50.0 Å². The number of nitrogens with zero attached hydrogens (tertiary/aromatic N) is 3. The van der Waals surface area contributed by atoms with Crippen molar-refractivity contribution in [2.24, 2.45) is 7.05 Å². The highest BCUT2D eigenvalue weighted by Crippen LogP contribution is 2.27. The molecule has 0 aliphatic rings. The molecule has 3 rings (SSSR count). The topological polar surface area (TPSA) is 76.9 Å². The van der Waals surface area contributed by atoms with Gasteiger partial charge in [-0.15, -0.1) is 10.2 Å². The molecular weight excluding hydrogens is 408 g/mol. The fourth-order valence-corrected chi connectivity index (χ4v) is 3.82. The molecule has 3 aromatic rings. The molecule has 0 aliphatic heterocycles. The number of ketones is 1. The van der Waals surface area contributed by atoms with Crippen molar-refractivity contribution in [3.63, 3.8) is 0 Å². The number of anilines is 1. The second-order valence-corrected chi connectivity index (χ2v) is 9.33. The molecule has 2 aromatic carbocycles. The molecule has 0 fully saturated rings. The number of aromatic nitrogens is 3. The van der Waals surface area contributed by atoms with Gasteiger partial charge in [0.05, 0.1) is 5.75 Å². The summed E-state index contributed by atoms with van der Waals surface area (Å²) in [6, 6.07) is 15.3. The van der Waals surface area contributed by atoms with E-state index in [1.165, 1.54) is 17.3 Å². The average molecular weight is 437 g/mol. The molecule has 0 aliphatic carbocycles. The minimum Gasteiger partial charge on any atom is -0.326 e. The van der Waals surface area contributed by atoms with Gasteiger partial charge in [0.15, 0.2) is 16.8 Å². The Hall–Kier alpha value is -2.93. The number of carbonyl (C=O) groups excluding carboxylic acids is 2. The summed E-state index contributed by atoms with van der Waals surface area (Å²) in [5.41, 5.74) is 3.64. The maximum Gasteiger partial charge on any atom is 0.224 e. The highest BCUT2D eigenvalue weighted by atomic mass is 32.2. The second-order valence-electron chi connectivity index (χ2n) is 8.38. The van der Waals surface area contributed by atoms with Crippen LogP contribution < -0.4 is 5.32 Å². The quantitative estimate of drug-likeness (QED) is 0.412. The normalized spacial score (nSPS) is 11.4. The molecule has 0 saturated heterocycles. The molecular formula is C24H28N4O2S. The van der Waals surface area contributed by atoms with Gasteiger partial charge >= 0.3 is 0 Å².